The number of hydrazone groups is 1. The zero-order valence-corrected chi connectivity index (χ0v) is 23.4. The smallest absolute Gasteiger partial charge is 0.262 e. The van der Waals surface area contributed by atoms with Gasteiger partial charge < -0.3 is 9.64 Å². The Hall–Kier alpha value is -3.95. The molecule has 0 saturated carbocycles. The van der Waals surface area contributed by atoms with Gasteiger partial charge in [0, 0.05) is 38.2 Å². The van der Waals surface area contributed by atoms with Gasteiger partial charge in [-0.2, -0.15) is 5.10 Å². The molecule has 214 valence electrons. The number of aryl methyl sites for hydroxylation is 2. The summed E-state index contributed by atoms with van der Waals surface area (Å²) >= 11 is 0. The van der Waals surface area contributed by atoms with Crippen LogP contribution >= 0.6 is 0 Å². The Balaban J connectivity index is 1.42. The van der Waals surface area contributed by atoms with Gasteiger partial charge in [0.15, 0.2) is 0 Å². The summed E-state index contributed by atoms with van der Waals surface area (Å²) in [6.07, 6.45) is 0.450. The second kappa shape index (κ2) is 12.7. The van der Waals surface area contributed by atoms with E-state index in [9.17, 15) is 18.4 Å². The van der Waals surface area contributed by atoms with Crippen molar-refractivity contribution in [2.24, 2.45) is 5.10 Å². The van der Waals surface area contributed by atoms with Gasteiger partial charge in [-0.15, -0.1) is 0 Å². The Labute approximate surface area is 239 Å². The molecule has 2 aliphatic heterocycles. The van der Waals surface area contributed by atoms with E-state index in [1.807, 2.05) is 32.0 Å². The Morgan fingerprint density at radius 1 is 0.951 bits per heavy atom. The van der Waals surface area contributed by atoms with Gasteiger partial charge in [0.2, 0.25) is 0 Å². The van der Waals surface area contributed by atoms with Gasteiger partial charge in [-0.3, -0.25) is 14.5 Å². The summed E-state index contributed by atoms with van der Waals surface area (Å²) in [5.74, 6) is -1.68. The van der Waals surface area contributed by atoms with Crippen molar-refractivity contribution in [1.29, 1.82) is 0 Å². The summed E-state index contributed by atoms with van der Waals surface area (Å²) in [7, 11) is 0. The van der Waals surface area contributed by atoms with Crippen molar-refractivity contribution in [2.75, 3.05) is 45.9 Å². The molecule has 1 atom stereocenters. The first kappa shape index (κ1) is 28.6. The van der Waals surface area contributed by atoms with Crippen LogP contribution in [0, 0.1) is 25.5 Å². The fourth-order valence-electron chi connectivity index (χ4n) is 5.16. The fraction of sp³-hybridized carbons (Fsp3) is 0.344. The van der Waals surface area contributed by atoms with E-state index in [4.69, 9.17) is 9.84 Å². The maximum Gasteiger partial charge on any atom is 0.262 e. The van der Waals surface area contributed by atoms with Gasteiger partial charge in [0.05, 0.1) is 25.0 Å². The normalized spacial score (nSPS) is 17.4. The number of halogens is 2. The lowest BCUT2D eigenvalue weighted by atomic mass is 9.96. The van der Waals surface area contributed by atoms with Crippen LogP contribution in [-0.4, -0.2) is 78.3 Å². The van der Waals surface area contributed by atoms with Crippen molar-refractivity contribution in [3.8, 4) is 0 Å². The number of ether oxygens (including phenoxy) is 1. The van der Waals surface area contributed by atoms with Crippen molar-refractivity contribution in [1.82, 2.24) is 14.8 Å². The quantitative estimate of drug-likeness (QED) is 0.400. The molecule has 0 aliphatic carbocycles. The molecule has 0 radical (unpaired) electrons. The minimum absolute atomic E-state index is 0.176. The molecule has 7 nitrogen and oxygen atoms in total. The second-order valence-corrected chi connectivity index (χ2v) is 10.5. The van der Waals surface area contributed by atoms with Crippen molar-refractivity contribution in [3.05, 3.63) is 106 Å². The molecule has 1 saturated heterocycles. The number of rotatable bonds is 8. The third-order valence-corrected chi connectivity index (χ3v) is 7.74. The first-order valence-electron chi connectivity index (χ1n) is 13.9. The van der Waals surface area contributed by atoms with Crippen LogP contribution in [0.25, 0.3) is 0 Å². The molecule has 0 spiro atoms. The summed E-state index contributed by atoms with van der Waals surface area (Å²) in [5, 5.41) is 6.16. The highest BCUT2D eigenvalue weighted by molar-refractivity contribution is 6.04. The molecule has 1 fully saturated rings. The van der Waals surface area contributed by atoms with Crippen molar-refractivity contribution in [2.45, 2.75) is 26.3 Å². The standard InChI is InChI=1S/C32H34F2N4O3/c1-22-6-7-25(18-23(22)2)29-20-30(24-8-10-27(33)11-9-24)38(35-29)31(39)21-37(13-12-36-14-16-41-17-15-36)32(40)26-4-3-5-28(34)19-26/h3-11,18-19,30H,12-17,20-21H2,1-2H3. The molecule has 9 heteroatoms. The number of hydrogen-bond acceptors (Lipinski definition) is 5. The van der Waals surface area contributed by atoms with Gasteiger partial charge in [0.1, 0.15) is 18.2 Å². The average Bonchev–Trinajstić information content (AvgIpc) is 3.43. The molecule has 2 heterocycles. The van der Waals surface area contributed by atoms with Crippen LogP contribution < -0.4 is 0 Å². The van der Waals surface area contributed by atoms with Crippen LogP contribution in [0.1, 0.15) is 45.1 Å². The zero-order valence-electron chi connectivity index (χ0n) is 23.4. The minimum atomic E-state index is -0.520. The van der Waals surface area contributed by atoms with Gasteiger partial charge in [-0.25, -0.2) is 13.8 Å². The van der Waals surface area contributed by atoms with E-state index in [0.29, 0.717) is 26.2 Å². The minimum Gasteiger partial charge on any atom is -0.379 e. The monoisotopic (exact) mass is 560 g/mol. The zero-order chi connectivity index (χ0) is 28.9. The highest BCUT2D eigenvalue weighted by Crippen LogP contribution is 2.33. The van der Waals surface area contributed by atoms with Crippen LogP contribution in [0.5, 0.6) is 0 Å². The Morgan fingerprint density at radius 2 is 1.71 bits per heavy atom. The third-order valence-electron chi connectivity index (χ3n) is 7.74. The predicted octanol–water partition coefficient (Wildman–Crippen LogP) is 4.73. The maximum absolute atomic E-state index is 14.0. The van der Waals surface area contributed by atoms with E-state index >= 15 is 0 Å². The predicted molar refractivity (Wildman–Crippen MR) is 153 cm³/mol. The summed E-state index contributed by atoms with van der Waals surface area (Å²) < 4.78 is 33.2. The van der Waals surface area contributed by atoms with E-state index in [-0.39, 0.29) is 30.4 Å². The fourth-order valence-corrected chi connectivity index (χ4v) is 5.16. The Morgan fingerprint density at radius 3 is 2.41 bits per heavy atom. The molecular weight excluding hydrogens is 526 g/mol. The number of nitrogens with zero attached hydrogens (tertiary/aromatic N) is 4. The largest absolute Gasteiger partial charge is 0.379 e. The topological polar surface area (TPSA) is 65.5 Å². The first-order chi connectivity index (χ1) is 19.8. The Bertz CT molecular complexity index is 1440. The SMILES string of the molecule is Cc1ccc(C2=NN(C(=O)CN(CCN3CCOCC3)C(=O)c3cccc(F)c3)C(c3ccc(F)cc3)C2)cc1C. The number of morpholine rings is 1. The maximum atomic E-state index is 14.0. The number of carbonyl (C=O) groups is 2. The first-order valence-corrected chi connectivity index (χ1v) is 13.9. The van der Waals surface area contributed by atoms with Crippen molar-refractivity contribution < 1.29 is 23.1 Å². The molecule has 2 aliphatic rings. The van der Waals surface area contributed by atoms with Crippen LogP contribution in [0.3, 0.4) is 0 Å². The van der Waals surface area contributed by atoms with E-state index in [1.165, 1.54) is 40.2 Å². The molecule has 0 bridgehead atoms. The van der Waals surface area contributed by atoms with E-state index < -0.39 is 17.8 Å². The highest BCUT2D eigenvalue weighted by Gasteiger charge is 2.35. The molecule has 2 amide bonds. The van der Waals surface area contributed by atoms with Crippen LogP contribution in [0.2, 0.25) is 0 Å². The third kappa shape index (κ3) is 6.86. The number of hydrogen-bond donors (Lipinski definition) is 0. The second-order valence-electron chi connectivity index (χ2n) is 10.5. The van der Waals surface area contributed by atoms with Crippen molar-refractivity contribution in [3.63, 3.8) is 0 Å². The number of benzene rings is 3. The average molecular weight is 561 g/mol. The van der Waals surface area contributed by atoms with Gasteiger partial charge in [-0.05, 0) is 72.5 Å². The molecular formula is C32H34F2N4O3. The van der Waals surface area contributed by atoms with Crippen LogP contribution in [0.4, 0.5) is 8.78 Å². The van der Waals surface area contributed by atoms with Gasteiger partial charge in [-0.1, -0.05) is 30.3 Å². The summed E-state index contributed by atoms with van der Waals surface area (Å²) in [4.78, 5) is 31.1. The molecule has 0 aromatic heterocycles. The van der Waals surface area contributed by atoms with Gasteiger partial charge >= 0.3 is 0 Å². The lowest BCUT2D eigenvalue weighted by molar-refractivity contribution is -0.133. The molecule has 5 rings (SSSR count). The number of amides is 2. The van der Waals surface area contributed by atoms with Crippen LogP contribution in [0.15, 0.2) is 71.8 Å². The van der Waals surface area contributed by atoms with E-state index in [0.717, 1.165) is 41.1 Å². The Kier molecular flexibility index (Phi) is 8.85. The molecule has 1 unspecified atom stereocenters. The summed E-state index contributed by atoms with van der Waals surface area (Å²) in [6.45, 7) is 7.35. The van der Waals surface area contributed by atoms with Crippen LogP contribution in [-0.2, 0) is 9.53 Å². The molecule has 3 aromatic carbocycles. The van der Waals surface area contributed by atoms with Gasteiger partial charge in [0.25, 0.3) is 11.8 Å². The van der Waals surface area contributed by atoms with Crippen molar-refractivity contribution >= 4 is 17.5 Å². The lowest BCUT2D eigenvalue weighted by Crippen LogP contribution is -2.46. The molecule has 0 N–H and O–H groups in total. The van der Waals surface area contributed by atoms with E-state index in [2.05, 4.69) is 4.90 Å². The number of carbonyl (C=O) groups excluding carboxylic acids is 2. The summed E-state index contributed by atoms with van der Waals surface area (Å²) in [6, 6.07) is 17.1. The molecule has 3 aromatic rings. The summed E-state index contributed by atoms with van der Waals surface area (Å²) in [5.41, 5.74) is 4.85. The lowest BCUT2D eigenvalue weighted by Gasteiger charge is -2.31. The highest BCUT2D eigenvalue weighted by atomic mass is 19.1. The molecule has 41 heavy (non-hydrogen) atoms. The van der Waals surface area contributed by atoms with E-state index in [1.54, 1.807) is 18.2 Å².